The molecule has 108 valence electrons. The predicted molar refractivity (Wildman–Crippen MR) is 71.1 cm³/mol. The maximum absolute atomic E-state index is 12.2. The first-order chi connectivity index (χ1) is 9.56. The molecule has 1 aromatic heterocycles. The highest BCUT2D eigenvalue weighted by Crippen LogP contribution is 2.29. The highest BCUT2D eigenvalue weighted by atomic mass is 35.5. The standard InChI is InChI=1S/C12H15ClN4O3/c13-9-8(15-5-6-16-9)7-17-10(18)12(11(19)20)1-3-14-4-2-12/h5-6,14H,1-4,7H2,(H,17,18)(H,19,20). The van der Waals surface area contributed by atoms with Gasteiger partial charge < -0.3 is 15.7 Å². The summed E-state index contributed by atoms with van der Waals surface area (Å²) in [4.78, 5) is 31.5. The largest absolute Gasteiger partial charge is 0.480 e. The normalized spacial score (nSPS) is 17.4. The van der Waals surface area contributed by atoms with Gasteiger partial charge in [0.15, 0.2) is 5.15 Å². The van der Waals surface area contributed by atoms with Gasteiger partial charge in [0.1, 0.15) is 5.41 Å². The number of carboxylic acids is 1. The van der Waals surface area contributed by atoms with Crippen LogP contribution in [0.4, 0.5) is 0 Å². The van der Waals surface area contributed by atoms with Crippen molar-refractivity contribution >= 4 is 23.5 Å². The van der Waals surface area contributed by atoms with Crippen molar-refractivity contribution in [2.75, 3.05) is 13.1 Å². The predicted octanol–water partition coefficient (Wildman–Crippen LogP) is 0.201. The van der Waals surface area contributed by atoms with Crippen molar-refractivity contribution in [1.82, 2.24) is 20.6 Å². The summed E-state index contributed by atoms with van der Waals surface area (Å²) in [7, 11) is 0. The second-order valence-corrected chi connectivity index (χ2v) is 4.97. The lowest BCUT2D eigenvalue weighted by molar-refractivity contribution is -0.157. The van der Waals surface area contributed by atoms with E-state index in [0.717, 1.165) is 0 Å². The van der Waals surface area contributed by atoms with Gasteiger partial charge in [0.25, 0.3) is 0 Å². The lowest BCUT2D eigenvalue weighted by Crippen LogP contribution is -2.52. The second kappa shape index (κ2) is 6.15. The van der Waals surface area contributed by atoms with Gasteiger partial charge in [-0.15, -0.1) is 0 Å². The summed E-state index contributed by atoms with van der Waals surface area (Å²) in [5, 5.41) is 15.2. The van der Waals surface area contributed by atoms with Gasteiger partial charge in [-0.25, -0.2) is 4.98 Å². The fourth-order valence-electron chi connectivity index (χ4n) is 2.19. The molecule has 0 aromatic carbocycles. The van der Waals surface area contributed by atoms with Crippen LogP contribution in [-0.2, 0) is 16.1 Å². The number of halogens is 1. The zero-order chi connectivity index (χ0) is 14.6. The number of hydrogen-bond donors (Lipinski definition) is 3. The molecule has 0 unspecified atom stereocenters. The van der Waals surface area contributed by atoms with E-state index >= 15 is 0 Å². The molecule has 7 nitrogen and oxygen atoms in total. The number of nitrogens with zero attached hydrogens (tertiary/aromatic N) is 2. The minimum atomic E-state index is -1.38. The Bertz CT molecular complexity index is 517. The first-order valence-corrected chi connectivity index (χ1v) is 6.62. The number of aromatic nitrogens is 2. The Labute approximate surface area is 120 Å². The quantitative estimate of drug-likeness (QED) is 0.686. The van der Waals surface area contributed by atoms with Crippen LogP contribution in [-0.4, -0.2) is 40.0 Å². The number of hydrogen-bond acceptors (Lipinski definition) is 5. The highest BCUT2D eigenvalue weighted by molar-refractivity contribution is 6.30. The first-order valence-electron chi connectivity index (χ1n) is 6.24. The third-order valence-corrected chi connectivity index (χ3v) is 3.76. The number of carbonyl (C=O) groups is 2. The van der Waals surface area contributed by atoms with Gasteiger partial charge in [-0.2, -0.15) is 0 Å². The van der Waals surface area contributed by atoms with Crippen LogP contribution in [0.5, 0.6) is 0 Å². The molecular weight excluding hydrogens is 284 g/mol. The van der Waals surface area contributed by atoms with Crippen LogP contribution in [0.2, 0.25) is 5.15 Å². The van der Waals surface area contributed by atoms with Gasteiger partial charge in [-0.05, 0) is 25.9 Å². The van der Waals surface area contributed by atoms with Crippen molar-refractivity contribution < 1.29 is 14.7 Å². The molecule has 0 spiro atoms. The number of amides is 1. The van der Waals surface area contributed by atoms with Crippen LogP contribution in [0.3, 0.4) is 0 Å². The van der Waals surface area contributed by atoms with E-state index < -0.39 is 17.3 Å². The maximum Gasteiger partial charge on any atom is 0.319 e. The van der Waals surface area contributed by atoms with Crippen molar-refractivity contribution in [2.45, 2.75) is 19.4 Å². The third-order valence-electron chi connectivity index (χ3n) is 3.44. The minimum Gasteiger partial charge on any atom is -0.480 e. The number of aliphatic carboxylic acids is 1. The Morgan fingerprint density at radius 1 is 1.35 bits per heavy atom. The van der Waals surface area contributed by atoms with E-state index in [1.54, 1.807) is 0 Å². The number of nitrogens with one attached hydrogen (secondary N) is 2. The summed E-state index contributed by atoms with van der Waals surface area (Å²) in [5.74, 6) is -1.60. The van der Waals surface area contributed by atoms with Crippen LogP contribution in [0.25, 0.3) is 0 Å². The van der Waals surface area contributed by atoms with E-state index in [1.807, 2.05) is 0 Å². The summed E-state index contributed by atoms with van der Waals surface area (Å²) in [5.41, 5.74) is -0.961. The summed E-state index contributed by atoms with van der Waals surface area (Å²) in [6, 6.07) is 0. The van der Waals surface area contributed by atoms with Crippen molar-refractivity contribution in [3.63, 3.8) is 0 Å². The van der Waals surface area contributed by atoms with Gasteiger partial charge in [0, 0.05) is 12.4 Å². The molecule has 2 rings (SSSR count). The highest BCUT2D eigenvalue weighted by Gasteiger charge is 2.46. The van der Waals surface area contributed by atoms with E-state index in [-0.39, 0.29) is 24.5 Å². The lowest BCUT2D eigenvalue weighted by Gasteiger charge is -2.32. The molecule has 1 saturated heterocycles. The van der Waals surface area contributed by atoms with E-state index in [9.17, 15) is 14.7 Å². The molecule has 1 amide bonds. The average molecular weight is 299 g/mol. The summed E-state index contributed by atoms with van der Waals surface area (Å²) < 4.78 is 0. The molecule has 1 aliphatic rings. The van der Waals surface area contributed by atoms with Crippen LogP contribution >= 0.6 is 11.6 Å². The second-order valence-electron chi connectivity index (χ2n) is 4.61. The zero-order valence-electron chi connectivity index (χ0n) is 10.7. The topological polar surface area (TPSA) is 104 Å². The Morgan fingerprint density at radius 3 is 2.60 bits per heavy atom. The van der Waals surface area contributed by atoms with Gasteiger partial charge in [0.05, 0.1) is 12.2 Å². The third kappa shape index (κ3) is 2.88. The molecule has 0 radical (unpaired) electrons. The van der Waals surface area contributed by atoms with Crippen LogP contribution < -0.4 is 10.6 Å². The van der Waals surface area contributed by atoms with Crippen LogP contribution in [0.1, 0.15) is 18.5 Å². The van der Waals surface area contributed by atoms with Crippen molar-refractivity contribution in [3.8, 4) is 0 Å². The number of carboxylic acid groups (broad SMARTS) is 1. The Hall–Kier alpha value is -1.73. The summed E-state index contributed by atoms with van der Waals surface area (Å²) in [6.07, 6.45) is 3.44. The maximum atomic E-state index is 12.2. The molecule has 0 bridgehead atoms. The zero-order valence-corrected chi connectivity index (χ0v) is 11.5. The number of carbonyl (C=O) groups excluding carboxylic acids is 1. The Kier molecular flexibility index (Phi) is 4.51. The van der Waals surface area contributed by atoms with Crippen molar-refractivity contribution in [2.24, 2.45) is 5.41 Å². The van der Waals surface area contributed by atoms with Crippen molar-refractivity contribution in [1.29, 1.82) is 0 Å². The summed E-state index contributed by atoms with van der Waals surface area (Å²) in [6.45, 7) is 1.07. The molecule has 0 aliphatic carbocycles. The number of piperidine rings is 1. The molecule has 8 heteroatoms. The fraction of sp³-hybridized carbons (Fsp3) is 0.500. The van der Waals surface area contributed by atoms with E-state index in [1.165, 1.54) is 12.4 Å². The SMILES string of the molecule is O=C(O)C1(C(=O)NCc2nccnc2Cl)CCNCC1. The molecule has 0 saturated carbocycles. The molecule has 3 N–H and O–H groups in total. The van der Waals surface area contributed by atoms with Gasteiger partial charge in [0.2, 0.25) is 5.91 Å². The smallest absolute Gasteiger partial charge is 0.319 e. The molecule has 0 atom stereocenters. The van der Waals surface area contributed by atoms with Crippen molar-refractivity contribution in [3.05, 3.63) is 23.2 Å². The Balaban J connectivity index is 2.06. The Morgan fingerprint density at radius 2 is 2.00 bits per heavy atom. The first kappa shape index (κ1) is 14.7. The van der Waals surface area contributed by atoms with Gasteiger partial charge in [-0.1, -0.05) is 11.6 Å². The minimum absolute atomic E-state index is 0.0635. The van der Waals surface area contributed by atoms with E-state index in [0.29, 0.717) is 18.8 Å². The van der Waals surface area contributed by atoms with Gasteiger partial charge >= 0.3 is 5.97 Å². The van der Waals surface area contributed by atoms with E-state index in [2.05, 4.69) is 20.6 Å². The van der Waals surface area contributed by atoms with E-state index in [4.69, 9.17) is 11.6 Å². The fourth-order valence-corrected chi connectivity index (χ4v) is 2.37. The monoisotopic (exact) mass is 298 g/mol. The molecule has 2 heterocycles. The molecule has 1 aromatic rings. The van der Waals surface area contributed by atoms with Crippen LogP contribution in [0, 0.1) is 5.41 Å². The molecule has 1 fully saturated rings. The number of rotatable bonds is 4. The molecule has 1 aliphatic heterocycles. The van der Waals surface area contributed by atoms with Crippen LogP contribution in [0.15, 0.2) is 12.4 Å². The average Bonchev–Trinajstić information content (AvgIpc) is 2.46. The molecule has 20 heavy (non-hydrogen) atoms. The van der Waals surface area contributed by atoms with Gasteiger partial charge in [-0.3, -0.25) is 14.6 Å². The summed E-state index contributed by atoms with van der Waals surface area (Å²) >= 11 is 5.84. The molecular formula is C12H15ClN4O3. The lowest BCUT2D eigenvalue weighted by atomic mass is 9.78.